The topological polar surface area (TPSA) is 39.1 Å². The molecule has 1 saturated carbocycles. The lowest BCUT2D eigenvalue weighted by molar-refractivity contribution is 0.0446. The van der Waals surface area contributed by atoms with Crippen molar-refractivity contribution < 1.29 is 0 Å². The molecule has 1 heterocycles. The molecule has 0 radical (unpaired) electrons. The normalized spacial score (nSPS) is 39.7. The van der Waals surface area contributed by atoms with E-state index >= 15 is 0 Å². The van der Waals surface area contributed by atoms with Gasteiger partial charge in [0.2, 0.25) is 0 Å². The van der Waals surface area contributed by atoms with Crippen LogP contribution in [0.2, 0.25) is 0 Å². The van der Waals surface area contributed by atoms with Gasteiger partial charge in [-0.1, -0.05) is 6.92 Å². The van der Waals surface area contributed by atoms with Crippen LogP contribution in [0.3, 0.4) is 0 Å². The van der Waals surface area contributed by atoms with Crippen LogP contribution in [0.5, 0.6) is 0 Å². The molecule has 0 aromatic carbocycles. The standard InChI is InChI=1S/C17H31N3/c1-13(2)19-17(12-18)8-5-6-16(11-17)20-9-7-14(3)10-15(20)4/h13-16,19H,5-11H2,1-4H3. The van der Waals surface area contributed by atoms with E-state index in [2.05, 4.69) is 44.0 Å². The first-order valence-corrected chi connectivity index (χ1v) is 8.40. The number of hydrogen-bond acceptors (Lipinski definition) is 3. The van der Waals surface area contributed by atoms with Crippen LogP contribution in [0.4, 0.5) is 0 Å². The number of likely N-dealkylation sites (tertiary alicyclic amines) is 1. The Labute approximate surface area is 124 Å². The van der Waals surface area contributed by atoms with Gasteiger partial charge in [-0.3, -0.25) is 10.2 Å². The first kappa shape index (κ1) is 15.8. The van der Waals surface area contributed by atoms with E-state index in [1.54, 1.807) is 0 Å². The van der Waals surface area contributed by atoms with E-state index in [1.807, 2.05) is 0 Å². The minimum absolute atomic E-state index is 0.292. The monoisotopic (exact) mass is 277 g/mol. The van der Waals surface area contributed by atoms with Crippen molar-refractivity contribution >= 4 is 0 Å². The molecule has 2 rings (SSSR count). The Morgan fingerprint density at radius 2 is 2.05 bits per heavy atom. The molecular weight excluding hydrogens is 246 g/mol. The number of nitrogens with one attached hydrogen (secondary N) is 1. The van der Waals surface area contributed by atoms with Crippen LogP contribution in [0.1, 0.15) is 66.2 Å². The number of piperidine rings is 1. The van der Waals surface area contributed by atoms with E-state index in [1.165, 1.54) is 32.2 Å². The van der Waals surface area contributed by atoms with Gasteiger partial charge in [0.15, 0.2) is 0 Å². The van der Waals surface area contributed by atoms with Crippen molar-refractivity contribution in [3.63, 3.8) is 0 Å². The largest absolute Gasteiger partial charge is 0.298 e. The predicted molar refractivity (Wildman–Crippen MR) is 83.4 cm³/mol. The van der Waals surface area contributed by atoms with Gasteiger partial charge in [-0.05, 0) is 71.8 Å². The molecular formula is C17H31N3. The number of nitriles is 1. The van der Waals surface area contributed by atoms with Gasteiger partial charge in [-0.15, -0.1) is 0 Å². The molecule has 0 spiro atoms. The maximum atomic E-state index is 9.68. The second-order valence-corrected chi connectivity index (χ2v) is 7.46. The average molecular weight is 277 g/mol. The fraction of sp³-hybridized carbons (Fsp3) is 0.941. The van der Waals surface area contributed by atoms with Gasteiger partial charge in [-0.2, -0.15) is 5.26 Å². The molecule has 4 unspecified atom stereocenters. The summed E-state index contributed by atoms with van der Waals surface area (Å²) < 4.78 is 0. The van der Waals surface area contributed by atoms with Gasteiger partial charge in [0.1, 0.15) is 5.54 Å². The van der Waals surface area contributed by atoms with Crippen LogP contribution >= 0.6 is 0 Å². The second-order valence-electron chi connectivity index (χ2n) is 7.46. The summed E-state index contributed by atoms with van der Waals surface area (Å²) in [5.41, 5.74) is -0.292. The summed E-state index contributed by atoms with van der Waals surface area (Å²) in [5.74, 6) is 0.861. The number of rotatable bonds is 3. The van der Waals surface area contributed by atoms with Crippen LogP contribution in [0.25, 0.3) is 0 Å². The molecule has 20 heavy (non-hydrogen) atoms. The smallest absolute Gasteiger partial charge is 0.108 e. The molecule has 0 aromatic heterocycles. The zero-order chi connectivity index (χ0) is 14.8. The summed E-state index contributed by atoms with van der Waals surface area (Å²) in [6.45, 7) is 10.3. The van der Waals surface area contributed by atoms with Crippen molar-refractivity contribution in [2.24, 2.45) is 5.92 Å². The average Bonchev–Trinajstić information content (AvgIpc) is 2.38. The first-order chi connectivity index (χ1) is 9.46. The van der Waals surface area contributed by atoms with Crippen LogP contribution in [-0.4, -0.2) is 35.1 Å². The molecule has 0 amide bonds. The maximum absolute atomic E-state index is 9.68. The molecule has 1 N–H and O–H groups in total. The number of nitrogens with zero attached hydrogens (tertiary/aromatic N) is 2. The van der Waals surface area contributed by atoms with Crippen molar-refractivity contribution in [2.75, 3.05) is 6.54 Å². The van der Waals surface area contributed by atoms with Crippen LogP contribution < -0.4 is 5.32 Å². The molecule has 2 fully saturated rings. The zero-order valence-electron chi connectivity index (χ0n) is 13.7. The highest BCUT2D eigenvalue weighted by atomic mass is 15.2. The molecule has 1 saturated heterocycles. The Morgan fingerprint density at radius 3 is 2.65 bits per heavy atom. The van der Waals surface area contributed by atoms with E-state index in [4.69, 9.17) is 0 Å². The summed E-state index contributed by atoms with van der Waals surface area (Å²) in [4.78, 5) is 2.69. The van der Waals surface area contributed by atoms with Crippen molar-refractivity contribution in [3.8, 4) is 6.07 Å². The van der Waals surface area contributed by atoms with Gasteiger partial charge >= 0.3 is 0 Å². The van der Waals surface area contributed by atoms with Gasteiger partial charge in [0.25, 0.3) is 0 Å². The lowest BCUT2D eigenvalue weighted by Gasteiger charge is -2.47. The molecule has 1 aliphatic carbocycles. The highest BCUT2D eigenvalue weighted by molar-refractivity contribution is 5.12. The van der Waals surface area contributed by atoms with Crippen LogP contribution in [-0.2, 0) is 0 Å². The highest BCUT2D eigenvalue weighted by Gasteiger charge is 2.40. The van der Waals surface area contributed by atoms with Crippen molar-refractivity contribution in [1.29, 1.82) is 5.26 Å². The van der Waals surface area contributed by atoms with E-state index in [0.29, 0.717) is 18.1 Å². The minimum Gasteiger partial charge on any atom is -0.298 e. The fourth-order valence-corrected chi connectivity index (χ4v) is 4.31. The van der Waals surface area contributed by atoms with E-state index in [9.17, 15) is 5.26 Å². The fourth-order valence-electron chi connectivity index (χ4n) is 4.31. The second kappa shape index (κ2) is 6.45. The molecule has 3 heteroatoms. The Kier molecular flexibility index (Phi) is 5.09. The molecule has 3 nitrogen and oxygen atoms in total. The summed E-state index contributed by atoms with van der Waals surface area (Å²) >= 11 is 0. The van der Waals surface area contributed by atoms with E-state index in [-0.39, 0.29) is 5.54 Å². The Hall–Kier alpha value is -0.590. The van der Waals surface area contributed by atoms with Gasteiger partial charge < -0.3 is 0 Å². The van der Waals surface area contributed by atoms with Crippen molar-refractivity contribution in [1.82, 2.24) is 10.2 Å². The molecule has 2 aliphatic rings. The summed E-state index contributed by atoms with van der Waals surface area (Å²) in [7, 11) is 0. The molecule has 114 valence electrons. The SMILES string of the molecule is CC1CCN(C2CCCC(C#N)(NC(C)C)C2)C(C)C1. The molecule has 0 bridgehead atoms. The van der Waals surface area contributed by atoms with Gasteiger partial charge in [0, 0.05) is 18.1 Å². The first-order valence-electron chi connectivity index (χ1n) is 8.40. The lowest BCUT2D eigenvalue weighted by atomic mass is 9.77. The zero-order valence-corrected chi connectivity index (χ0v) is 13.7. The van der Waals surface area contributed by atoms with E-state index in [0.717, 1.165) is 18.8 Å². The maximum Gasteiger partial charge on any atom is 0.108 e. The summed E-state index contributed by atoms with van der Waals surface area (Å²) in [6, 6.07) is 4.26. The predicted octanol–water partition coefficient (Wildman–Crippen LogP) is 3.31. The van der Waals surface area contributed by atoms with Crippen molar-refractivity contribution in [3.05, 3.63) is 0 Å². The van der Waals surface area contributed by atoms with Gasteiger partial charge in [0.05, 0.1) is 6.07 Å². The third-order valence-corrected chi connectivity index (χ3v) is 5.16. The Morgan fingerprint density at radius 1 is 1.30 bits per heavy atom. The van der Waals surface area contributed by atoms with Crippen LogP contribution in [0.15, 0.2) is 0 Å². The Bertz CT molecular complexity index is 360. The van der Waals surface area contributed by atoms with E-state index < -0.39 is 0 Å². The minimum atomic E-state index is -0.292. The summed E-state index contributed by atoms with van der Waals surface area (Å²) in [6.07, 6.45) is 7.08. The molecule has 0 aromatic rings. The molecule has 4 atom stereocenters. The van der Waals surface area contributed by atoms with Crippen molar-refractivity contribution in [2.45, 2.75) is 89.9 Å². The van der Waals surface area contributed by atoms with Crippen LogP contribution in [0, 0.1) is 17.2 Å². The Balaban J connectivity index is 2.04. The quantitative estimate of drug-likeness (QED) is 0.860. The third kappa shape index (κ3) is 3.54. The van der Waals surface area contributed by atoms with Gasteiger partial charge in [-0.25, -0.2) is 0 Å². The third-order valence-electron chi connectivity index (χ3n) is 5.16. The number of hydrogen-bond donors (Lipinski definition) is 1. The lowest BCUT2D eigenvalue weighted by Crippen LogP contribution is -2.57. The highest BCUT2D eigenvalue weighted by Crippen LogP contribution is 2.35. The molecule has 1 aliphatic heterocycles. The summed E-state index contributed by atoms with van der Waals surface area (Å²) in [5, 5.41) is 13.2.